The standard InChI is InChI=1S/C11H11N3OS/c12-5-7-1-2-9(13)10(3-7)14-6-8(16)4-11(14)15/h1-3,8,16H,4,6,13H2. The molecule has 0 bridgehead atoms. The SMILES string of the molecule is N#Cc1ccc(N)c(N2CC(S)CC2=O)c1. The summed E-state index contributed by atoms with van der Waals surface area (Å²) in [5, 5.41) is 8.84. The molecule has 1 fully saturated rings. The van der Waals surface area contributed by atoms with E-state index in [0.717, 1.165) is 0 Å². The van der Waals surface area contributed by atoms with E-state index in [9.17, 15) is 4.79 Å². The first-order valence-electron chi connectivity index (χ1n) is 4.90. The van der Waals surface area contributed by atoms with E-state index in [2.05, 4.69) is 12.6 Å². The largest absolute Gasteiger partial charge is 0.397 e. The van der Waals surface area contributed by atoms with Gasteiger partial charge in [0.15, 0.2) is 0 Å². The summed E-state index contributed by atoms with van der Waals surface area (Å²) in [4.78, 5) is 13.3. The Morgan fingerprint density at radius 1 is 1.56 bits per heavy atom. The molecular formula is C11H11N3OS. The van der Waals surface area contributed by atoms with Crippen molar-refractivity contribution < 1.29 is 4.79 Å². The summed E-state index contributed by atoms with van der Waals surface area (Å²) in [5.41, 5.74) is 7.42. The van der Waals surface area contributed by atoms with Crippen LogP contribution in [0.4, 0.5) is 11.4 Å². The number of carbonyl (C=O) groups is 1. The average Bonchev–Trinajstić information content (AvgIpc) is 2.58. The molecule has 2 rings (SSSR count). The second kappa shape index (κ2) is 4.06. The Bertz CT molecular complexity index is 481. The van der Waals surface area contributed by atoms with E-state index < -0.39 is 0 Å². The zero-order chi connectivity index (χ0) is 11.7. The molecule has 2 N–H and O–H groups in total. The maximum Gasteiger partial charge on any atom is 0.228 e. The van der Waals surface area contributed by atoms with E-state index in [1.54, 1.807) is 23.1 Å². The first kappa shape index (κ1) is 10.8. The minimum Gasteiger partial charge on any atom is -0.397 e. The predicted molar refractivity (Wildman–Crippen MR) is 65.3 cm³/mol. The van der Waals surface area contributed by atoms with Crippen LogP contribution < -0.4 is 10.6 Å². The molecule has 1 aliphatic rings. The van der Waals surface area contributed by atoms with Gasteiger partial charge in [-0.1, -0.05) is 0 Å². The van der Waals surface area contributed by atoms with Crippen LogP contribution in [0.5, 0.6) is 0 Å². The first-order valence-corrected chi connectivity index (χ1v) is 5.41. The minimum atomic E-state index is 0.00166. The molecule has 0 saturated carbocycles. The van der Waals surface area contributed by atoms with Gasteiger partial charge in [0.05, 0.1) is 23.0 Å². The number of nitrogen functional groups attached to an aromatic ring is 1. The highest BCUT2D eigenvalue weighted by atomic mass is 32.1. The Hall–Kier alpha value is -1.67. The summed E-state index contributed by atoms with van der Waals surface area (Å²) < 4.78 is 0. The molecule has 0 spiro atoms. The van der Waals surface area contributed by atoms with Crippen molar-refractivity contribution in [2.24, 2.45) is 0 Å². The number of nitrogens with zero attached hydrogens (tertiary/aromatic N) is 2. The number of amides is 1. The molecular weight excluding hydrogens is 222 g/mol. The van der Waals surface area contributed by atoms with Crippen molar-refractivity contribution in [1.29, 1.82) is 5.26 Å². The fraction of sp³-hybridized carbons (Fsp3) is 0.273. The maximum absolute atomic E-state index is 11.7. The van der Waals surface area contributed by atoms with Gasteiger partial charge in [0.2, 0.25) is 5.91 Å². The smallest absolute Gasteiger partial charge is 0.228 e. The van der Waals surface area contributed by atoms with Crippen molar-refractivity contribution in [3.05, 3.63) is 23.8 Å². The lowest BCUT2D eigenvalue weighted by Gasteiger charge is -2.18. The summed E-state index contributed by atoms with van der Waals surface area (Å²) in [6, 6.07) is 6.95. The van der Waals surface area contributed by atoms with Gasteiger partial charge in [0.1, 0.15) is 0 Å². The quantitative estimate of drug-likeness (QED) is 0.565. The van der Waals surface area contributed by atoms with Crippen LogP contribution in [0.3, 0.4) is 0 Å². The van der Waals surface area contributed by atoms with Gasteiger partial charge in [-0.25, -0.2) is 0 Å². The maximum atomic E-state index is 11.7. The van der Waals surface area contributed by atoms with Gasteiger partial charge in [0.25, 0.3) is 0 Å². The molecule has 1 aliphatic heterocycles. The lowest BCUT2D eigenvalue weighted by atomic mass is 10.2. The monoisotopic (exact) mass is 233 g/mol. The molecule has 16 heavy (non-hydrogen) atoms. The third kappa shape index (κ3) is 1.84. The molecule has 1 unspecified atom stereocenters. The molecule has 1 aromatic rings. The molecule has 5 heteroatoms. The fourth-order valence-electron chi connectivity index (χ4n) is 1.77. The number of benzene rings is 1. The molecule has 1 amide bonds. The van der Waals surface area contributed by atoms with Gasteiger partial charge in [-0.15, -0.1) is 0 Å². The van der Waals surface area contributed by atoms with Crippen LogP contribution in [0, 0.1) is 11.3 Å². The van der Waals surface area contributed by atoms with Crippen LogP contribution in [0.1, 0.15) is 12.0 Å². The normalized spacial score (nSPS) is 19.9. The summed E-state index contributed by atoms with van der Waals surface area (Å²) in [5.74, 6) is 0.00166. The molecule has 4 nitrogen and oxygen atoms in total. The van der Waals surface area contributed by atoms with Crippen molar-refractivity contribution in [3.8, 4) is 6.07 Å². The second-order valence-corrected chi connectivity index (χ2v) is 4.48. The van der Waals surface area contributed by atoms with Crippen LogP contribution in [0.15, 0.2) is 18.2 Å². The van der Waals surface area contributed by atoms with Crippen molar-refractivity contribution >= 4 is 29.9 Å². The molecule has 1 heterocycles. The average molecular weight is 233 g/mol. The molecule has 1 atom stereocenters. The number of rotatable bonds is 1. The number of thiol groups is 1. The highest BCUT2D eigenvalue weighted by molar-refractivity contribution is 7.81. The summed E-state index contributed by atoms with van der Waals surface area (Å²) in [6.07, 6.45) is 0.416. The van der Waals surface area contributed by atoms with E-state index in [1.165, 1.54) is 0 Å². The number of nitriles is 1. The second-order valence-electron chi connectivity index (χ2n) is 3.75. The van der Waals surface area contributed by atoms with E-state index in [-0.39, 0.29) is 11.2 Å². The van der Waals surface area contributed by atoms with Gasteiger partial charge in [0, 0.05) is 18.2 Å². The first-order chi connectivity index (χ1) is 7.61. The van der Waals surface area contributed by atoms with Gasteiger partial charge in [-0.3, -0.25) is 4.79 Å². The van der Waals surface area contributed by atoms with E-state index in [4.69, 9.17) is 11.0 Å². The summed E-state index contributed by atoms with van der Waals surface area (Å²) >= 11 is 4.28. The molecule has 82 valence electrons. The Morgan fingerprint density at radius 3 is 2.88 bits per heavy atom. The minimum absolute atomic E-state index is 0.00166. The van der Waals surface area contributed by atoms with E-state index in [0.29, 0.717) is 29.9 Å². The zero-order valence-electron chi connectivity index (χ0n) is 8.55. The number of hydrogen-bond acceptors (Lipinski definition) is 4. The summed E-state index contributed by atoms with van der Waals surface area (Å²) in [6.45, 7) is 0.543. The Kier molecular flexibility index (Phi) is 2.75. The number of nitrogens with two attached hydrogens (primary N) is 1. The van der Waals surface area contributed by atoms with Crippen LogP contribution in [0.25, 0.3) is 0 Å². The topological polar surface area (TPSA) is 70.1 Å². The van der Waals surface area contributed by atoms with Crippen molar-refractivity contribution in [2.45, 2.75) is 11.7 Å². The summed E-state index contributed by atoms with van der Waals surface area (Å²) in [7, 11) is 0. The third-order valence-electron chi connectivity index (χ3n) is 2.55. The van der Waals surface area contributed by atoms with Crippen LogP contribution in [0.2, 0.25) is 0 Å². The molecule has 0 radical (unpaired) electrons. The van der Waals surface area contributed by atoms with Crippen LogP contribution in [-0.4, -0.2) is 17.7 Å². The third-order valence-corrected chi connectivity index (χ3v) is 2.90. The van der Waals surface area contributed by atoms with Crippen molar-refractivity contribution in [2.75, 3.05) is 17.2 Å². The Balaban J connectivity index is 2.40. The van der Waals surface area contributed by atoms with Crippen LogP contribution in [-0.2, 0) is 4.79 Å². The van der Waals surface area contributed by atoms with Gasteiger partial charge < -0.3 is 10.6 Å². The van der Waals surface area contributed by atoms with Gasteiger partial charge >= 0.3 is 0 Å². The fourth-order valence-corrected chi connectivity index (χ4v) is 2.09. The predicted octanol–water partition coefficient (Wildman–Crippen LogP) is 1.18. The highest BCUT2D eigenvalue weighted by Gasteiger charge is 2.29. The molecule has 1 saturated heterocycles. The van der Waals surface area contributed by atoms with Crippen molar-refractivity contribution in [1.82, 2.24) is 0 Å². The van der Waals surface area contributed by atoms with E-state index >= 15 is 0 Å². The van der Waals surface area contributed by atoms with Gasteiger partial charge in [-0.2, -0.15) is 17.9 Å². The number of carbonyl (C=O) groups excluding carboxylic acids is 1. The molecule has 0 aliphatic carbocycles. The lowest BCUT2D eigenvalue weighted by Crippen LogP contribution is -2.25. The Morgan fingerprint density at radius 2 is 2.31 bits per heavy atom. The number of hydrogen-bond donors (Lipinski definition) is 2. The Labute approximate surface area is 99.1 Å². The van der Waals surface area contributed by atoms with E-state index in [1.807, 2.05) is 6.07 Å². The van der Waals surface area contributed by atoms with Crippen molar-refractivity contribution in [3.63, 3.8) is 0 Å². The molecule has 0 aromatic heterocycles. The highest BCUT2D eigenvalue weighted by Crippen LogP contribution is 2.29. The van der Waals surface area contributed by atoms with Gasteiger partial charge in [-0.05, 0) is 18.2 Å². The number of anilines is 2. The lowest BCUT2D eigenvalue weighted by molar-refractivity contribution is -0.117. The van der Waals surface area contributed by atoms with Crippen LogP contribution >= 0.6 is 12.6 Å². The molecule has 1 aromatic carbocycles. The zero-order valence-corrected chi connectivity index (χ0v) is 9.45.